The summed E-state index contributed by atoms with van der Waals surface area (Å²) in [5.41, 5.74) is 4.66. The predicted octanol–water partition coefficient (Wildman–Crippen LogP) is 2.70. The number of imidazole rings is 1. The number of rotatable bonds is 3. The molecule has 23 heavy (non-hydrogen) atoms. The number of hydrogen-bond donors (Lipinski definition) is 2. The van der Waals surface area contributed by atoms with Crippen LogP contribution >= 0.6 is 0 Å². The summed E-state index contributed by atoms with van der Waals surface area (Å²) in [6.45, 7) is 2.78. The second-order valence-corrected chi connectivity index (χ2v) is 5.46. The molecular formula is C17H16N4O2. The van der Waals surface area contributed by atoms with E-state index in [1.54, 1.807) is 12.4 Å². The zero-order valence-electron chi connectivity index (χ0n) is 12.7. The van der Waals surface area contributed by atoms with E-state index in [1.165, 1.54) is 0 Å². The molecule has 1 aliphatic heterocycles. The summed E-state index contributed by atoms with van der Waals surface area (Å²) in [6, 6.07) is 7.78. The maximum atomic E-state index is 12.1. The number of esters is 1. The largest absolute Gasteiger partial charge is 0.465 e. The first-order valence-electron chi connectivity index (χ1n) is 7.61. The van der Waals surface area contributed by atoms with E-state index in [1.807, 2.05) is 31.2 Å². The molecule has 6 nitrogen and oxygen atoms in total. The van der Waals surface area contributed by atoms with Crippen LogP contribution in [0.15, 0.2) is 36.7 Å². The molecule has 3 heterocycles. The van der Waals surface area contributed by atoms with E-state index in [0.29, 0.717) is 13.2 Å². The maximum absolute atomic E-state index is 12.1. The van der Waals surface area contributed by atoms with Crippen molar-refractivity contribution in [1.82, 2.24) is 15.0 Å². The third-order valence-electron chi connectivity index (χ3n) is 4.05. The molecule has 3 aromatic rings. The fourth-order valence-corrected chi connectivity index (χ4v) is 2.94. The lowest BCUT2D eigenvalue weighted by Gasteiger charge is -2.08. The lowest BCUT2D eigenvalue weighted by atomic mass is 10.0. The molecule has 0 saturated heterocycles. The van der Waals surface area contributed by atoms with Crippen LogP contribution in [0.25, 0.3) is 22.4 Å². The lowest BCUT2D eigenvalue weighted by molar-refractivity contribution is -0.144. The Balaban J connectivity index is 1.76. The molecule has 0 radical (unpaired) electrons. The van der Waals surface area contributed by atoms with Gasteiger partial charge in [0, 0.05) is 30.2 Å². The van der Waals surface area contributed by atoms with Crippen molar-refractivity contribution in [3.8, 4) is 11.4 Å². The van der Waals surface area contributed by atoms with Crippen molar-refractivity contribution in [3.05, 3.63) is 42.2 Å². The number of H-pyrrole nitrogens is 1. The van der Waals surface area contributed by atoms with E-state index < -0.39 is 0 Å². The molecule has 1 aliphatic rings. The zero-order chi connectivity index (χ0) is 15.8. The highest BCUT2D eigenvalue weighted by atomic mass is 16.5. The van der Waals surface area contributed by atoms with Gasteiger partial charge in [0.25, 0.3) is 0 Å². The molecule has 0 amide bonds. The third kappa shape index (κ3) is 2.32. The van der Waals surface area contributed by atoms with E-state index in [-0.39, 0.29) is 11.9 Å². The first-order valence-corrected chi connectivity index (χ1v) is 7.61. The van der Waals surface area contributed by atoms with Gasteiger partial charge in [0.15, 0.2) is 0 Å². The summed E-state index contributed by atoms with van der Waals surface area (Å²) in [7, 11) is 0. The molecule has 1 aromatic carbocycles. The number of aromatic nitrogens is 3. The fourth-order valence-electron chi connectivity index (χ4n) is 2.94. The van der Waals surface area contributed by atoms with Crippen molar-refractivity contribution < 1.29 is 9.53 Å². The number of nitrogens with zero attached hydrogens (tertiary/aromatic N) is 2. The van der Waals surface area contributed by atoms with E-state index >= 15 is 0 Å². The molecule has 2 aromatic heterocycles. The van der Waals surface area contributed by atoms with E-state index in [0.717, 1.165) is 33.7 Å². The van der Waals surface area contributed by atoms with Crippen LogP contribution in [-0.2, 0) is 9.53 Å². The number of benzene rings is 1. The minimum Gasteiger partial charge on any atom is -0.465 e. The van der Waals surface area contributed by atoms with Crippen molar-refractivity contribution in [2.75, 3.05) is 18.5 Å². The van der Waals surface area contributed by atoms with Crippen molar-refractivity contribution in [2.45, 2.75) is 12.8 Å². The van der Waals surface area contributed by atoms with Gasteiger partial charge in [0.1, 0.15) is 11.7 Å². The number of pyridine rings is 1. The van der Waals surface area contributed by atoms with Crippen LogP contribution in [-0.4, -0.2) is 34.1 Å². The number of aromatic amines is 1. The summed E-state index contributed by atoms with van der Waals surface area (Å²) >= 11 is 0. The predicted molar refractivity (Wildman–Crippen MR) is 87.2 cm³/mol. The normalized spacial score (nSPS) is 16.1. The Morgan fingerprint density at radius 3 is 2.96 bits per heavy atom. The van der Waals surface area contributed by atoms with Crippen LogP contribution < -0.4 is 5.32 Å². The van der Waals surface area contributed by atoms with Gasteiger partial charge in [-0.1, -0.05) is 0 Å². The van der Waals surface area contributed by atoms with Gasteiger partial charge in [-0.3, -0.25) is 9.78 Å². The number of hydrogen-bond acceptors (Lipinski definition) is 5. The first kappa shape index (κ1) is 13.8. The molecule has 0 saturated carbocycles. The smallest absolute Gasteiger partial charge is 0.315 e. The average molecular weight is 308 g/mol. The van der Waals surface area contributed by atoms with Crippen molar-refractivity contribution in [1.29, 1.82) is 0 Å². The number of ether oxygens (including phenoxy) is 1. The summed E-state index contributed by atoms with van der Waals surface area (Å²) in [5.74, 6) is 0.341. The number of nitrogens with one attached hydrogen (secondary N) is 2. The second kappa shape index (κ2) is 5.39. The number of carbonyl (C=O) groups is 1. The van der Waals surface area contributed by atoms with Crippen molar-refractivity contribution in [3.63, 3.8) is 0 Å². The zero-order valence-corrected chi connectivity index (χ0v) is 12.7. The summed E-state index contributed by atoms with van der Waals surface area (Å²) in [5, 5.41) is 3.27. The maximum Gasteiger partial charge on any atom is 0.315 e. The molecule has 0 bridgehead atoms. The Morgan fingerprint density at radius 1 is 1.35 bits per heavy atom. The molecule has 116 valence electrons. The van der Waals surface area contributed by atoms with Crippen LogP contribution in [0.1, 0.15) is 18.4 Å². The van der Waals surface area contributed by atoms with Gasteiger partial charge in [0.2, 0.25) is 0 Å². The number of anilines is 1. The summed E-state index contributed by atoms with van der Waals surface area (Å²) in [4.78, 5) is 24.0. The SMILES string of the molecule is CCOC(=O)C1CNc2cc3nc(-c4ccncc4)[nH]c3cc21. The Hall–Kier alpha value is -2.89. The highest BCUT2D eigenvalue weighted by Gasteiger charge is 2.30. The molecule has 0 spiro atoms. The molecule has 0 aliphatic carbocycles. The fraction of sp³-hybridized carbons (Fsp3) is 0.235. The molecule has 1 unspecified atom stereocenters. The number of fused-ring (bicyclic) bond motifs is 2. The molecular weight excluding hydrogens is 292 g/mol. The van der Waals surface area contributed by atoms with Gasteiger partial charge in [-0.2, -0.15) is 0 Å². The molecule has 4 rings (SSSR count). The van der Waals surface area contributed by atoms with Crippen molar-refractivity contribution in [2.24, 2.45) is 0 Å². The Bertz CT molecular complexity index is 873. The van der Waals surface area contributed by atoms with Gasteiger partial charge in [0.05, 0.1) is 17.6 Å². The minimum absolute atomic E-state index is 0.188. The quantitative estimate of drug-likeness (QED) is 0.727. The third-order valence-corrected chi connectivity index (χ3v) is 4.05. The van der Waals surface area contributed by atoms with Gasteiger partial charge in [-0.25, -0.2) is 4.98 Å². The highest BCUT2D eigenvalue weighted by molar-refractivity contribution is 5.90. The molecule has 6 heteroatoms. The molecule has 1 atom stereocenters. The number of carbonyl (C=O) groups excluding carboxylic acids is 1. The molecule has 2 N–H and O–H groups in total. The monoisotopic (exact) mass is 308 g/mol. The van der Waals surface area contributed by atoms with Gasteiger partial charge in [-0.15, -0.1) is 0 Å². The van der Waals surface area contributed by atoms with Crippen molar-refractivity contribution >= 4 is 22.7 Å². The Morgan fingerprint density at radius 2 is 2.17 bits per heavy atom. The summed E-state index contributed by atoms with van der Waals surface area (Å²) < 4.78 is 5.16. The van der Waals surface area contributed by atoms with E-state index in [2.05, 4.69) is 20.3 Å². The van der Waals surface area contributed by atoms with Crippen LogP contribution in [0.3, 0.4) is 0 Å². The van der Waals surface area contributed by atoms with E-state index in [9.17, 15) is 4.79 Å². The highest BCUT2D eigenvalue weighted by Crippen LogP contribution is 2.35. The minimum atomic E-state index is -0.262. The van der Waals surface area contributed by atoms with Gasteiger partial charge >= 0.3 is 5.97 Å². The van der Waals surface area contributed by atoms with Crippen LogP contribution in [0.4, 0.5) is 5.69 Å². The first-order chi connectivity index (χ1) is 11.3. The lowest BCUT2D eigenvalue weighted by Crippen LogP contribution is -2.17. The Kier molecular flexibility index (Phi) is 3.22. The van der Waals surface area contributed by atoms with Gasteiger partial charge < -0.3 is 15.0 Å². The van der Waals surface area contributed by atoms with Gasteiger partial charge in [-0.05, 0) is 36.8 Å². The second-order valence-electron chi connectivity index (χ2n) is 5.46. The van der Waals surface area contributed by atoms with Crippen LogP contribution in [0.2, 0.25) is 0 Å². The summed E-state index contributed by atoms with van der Waals surface area (Å²) in [6.07, 6.45) is 3.47. The average Bonchev–Trinajstić information content (AvgIpc) is 3.16. The standard InChI is InChI=1S/C17H16N4O2/c1-2-23-17(22)12-9-19-13-8-15-14(7-11(12)13)20-16(21-15)10-3-5-18-6-4-10/h3-8,12,19H,2,9H2,1H3,(H,20,21). The van der Waals surface area contributed by atoms with Crippen LogP contribution in [0, 0.1) is 0 Å². The van der Waals surface area contributed by atoms with Crippen LogP contribution in [0.5, 0.6) is 0 Å². The molecule has 0 fully saturated rings. The van der Waals surface area contributed by atoms with E-state index in [4.69, 9.17) is 4.74 Å². The Labute approximate surface area is 132 Å². The topological polar surface area (TPSA) is 79.9 Å².